The summed E-state index contributed by atoms with van der Waals surface area (Å²) in [6, 6.07) is 4.89. The molecule has 15 heavy (non-hydrogen) atoms. The Morgan fingerprint density at radius 1 is 1.53 bits per heavy atom. The zero-order valence-electron chi connectivity index (χ0n) is 9.09. The Morgan fingerprint density at radius 2 is 2.27 bits per heavy atom. The molecule has 1 unspecified atom stereocenters. The highest BCUT2D eigenvalue weighted by Gasteiger charge is 2.09. The van der Waals surface area contributed by atoms with Crippen molar-refractivity contribution in [3.05, 3.63) is 24.0 Å². The number of ether oxygens (including phenoxy) is 1. The molecule has 0 amide bonds. The van der Waals surface area contributed by atoms with Crippen molar-refractivity contribution in [3.63, 3.8) is 0 Å². The Bertz CT molecular complexity index is 317. The Kier molecular flexibility index (Phi) is 4.37. The van der Waals surface area contributed by atoms with Crippen LogP contribution in [-0.4, -0.2) is 19.8 Å². The van der Waals surface area contributed by atoms with E-state index in [4.69, 9.17) is 10.5 Å². The maximum absolute atomic E-state index is 13.1. The van der Waals surface area contributed by atoms with Gasteiger partial charge in [-0.25, -0.2) is 4.39 Å². The molecule has 0 heterocycles. The minimum Gasteiger partial charge on any atom is -0.395 e. The first-order chi connectivity index (χ1) is 7.19. The van der Waals surface area contributed by atoms with Crippen LogP contribution in [0.5, 0.6) is 0 Å². The molecule has 0 spiro atoms. The minimum absolute atomic E-state index is 0.152. The maximum atomic E-state index is 13.1. The summed E-state index contributed by atoms with van der Waals surface area (Å²) < 4.78 is 18.2. The summed E-state index contributed by atoms with van der Waals surface area (Å²) in [5, 5.41) is 3.15. The normalized spacial score (nSPS) is 12.5. The van der Waals surface area contributed by atoms with Gasteiger partial charge in [-0.15, -0.1) is 0 Å². The van der Waals surface area contributed by atoms with Crippen molar-refractivity contribution in [1.29, 1.82) is 0 Å². The zero-order valence-corrected chi connectivity index (χ0v) is 9.09. The topological polar surface area (TPSA) is 47.3 Å². The summed E-state index contributed by atoms with van der Waals surface area (Å²) in [6.07, 6.45) is 0.893. The van der Waals surface area contributed by atoms with Crippen LogP contribution in [0.4, 0.5) is 15.8 Å². The Balaban J connectivity index is 2.74. The third kappa shape index (κ3) is 3.09. The average molecular weight is 212 g/mol. The lowest BCUT2D eigenvalue weighted by Gasteiger charge is -2.18. The lowest BCUT2D eigenvalue weighted by Crippen LogP contribution is -2.24. The number of nitrogen functional groups attached to an aromatic ring is 1. The summed E-state index contributed by atoms with van der Waals surface area (Å²) in [5.41, 5.74) is 6.39. The number of methoxy groups -OCH3 is 1. The lowest BCUT2D eigenvalue weighted by atomic mass is 10.2. The van der Waals surface area contributed by atoms with Crippen LogP contribution in [0.3, 0.4) is 0 Å². The van der Waals surface area contributed by atoms with Crippen molar-refractivity contribution >= 4 is 11.4 Å². The molecule has 3 nitrogen and oxygen atoms in total. The van der Waals surface area contributed by atoms with E-state index in [0.29, 0.717) is 12.3 Å². The first-order valence-corrected chi connectivity index (χ1v) is 4.98. The van der Waals surface area contributed by atoms with Crippen LogP contribution < -0.4 is 11.1 Å². The van der Waals surface area contributed by atoms with Gasteiger partial charge in [-0.3, -0.25) is 0 Å². The van der Waals surface area contributed by atoms with Gasteiger partial charge in [0.2, 0.25) is 0 Å². The minimum atomic E-state index is -0.396. The van der Waals surface area contributed by atoms with Gasteiger partial charge in [-0.2, -0.15) is 0 Å². The summed E-state index contributed by atoms with van der Waals surface area (Å²) in [4.78, 5) is 0. The number of nitrogens with two attached hydrogens (primary N) is 1. The molecule has 1 atom stereocenters. The Hall–Kier alpha value is -1.29. The molecule has 0 saturated carbocycles. The highest BCUT2D eigenvalue weighted by atomic mass is 19.1. The standard InChI is InChI=1S/C11H17FN2O/c1-3-8(7-15-2)14-10-6-4-5-9(12)11(10)13/h4-6,8,14H,3,7,13H2,1-2H3. The molecule has 3 N–H and O–H groups in total. The van der Waals surface area contributed by atoms with Crippen LogP contribution >= 0.6 is 0 Å². The van der Waals surface area contributed by atoms with Crippen molar-refractivity contribution in [2.45, 2.75) is 19.4 Å². The van der Waals surface area contributed by atoms with Crippen molar-refractivity contribution in [3.8, 4) is 0 Å². The lowest BCUT2D eigenvalue weighted by molar-refractivity contribution is 0.184. The van der Waals surface area contributed by atoms with E-state index in [0.717, 1.165) is 6.42 Å². The smallest absolute Gasteiger partial charge is 0.148 e. The predicted molar refractivity (Wildman–Crippen MR) is 60.4 cm³/mol. The number of halogens is 1. The van der Waals surface area contributed by atoms with Crippen LogP contribution in [0.15, 0.2) is 18.2 Å². The van der Waals surface area contributed by atoms with Gasteiger partial charge in [-0.1, -0.05) is 13.0 Å². The number of para-hydroxylation sites is 1. The monoisotopic (exact) mass is 212 g/mol. The van der Waals surface area contributed by atoms with E-state index in [1.165, 1.54) is 6.07 Å². The van der Waals surface area contributed by atoms with Gasteiger partial charge in [0.05, 0.1) is 18.0 Å². The highest BCUT2D eigenvalue weighted by Crippen LogP contribution is 2.22. The van der Waals surface area contributed by atoms with E-state index < -0.39 is 5.82 Å². The molecule has 0 saturated heterocycles. The van der Waals surface area contributed by atoms with Crippen LogP contribution in [0.25, 0.3) is 0 Å². The second kappa shape index (κ2) is 5.56. The van der Waals surface area contributed by atoms with E-state index in [2.05, 4.69) is 5.32 Å². The van der Waals surface area contributed by atoms with Crippen LogP contribution in [0.1, 0.15) is 13.3 Å². The van der Waals surface area contributed by atoms with Gasteiger partial charge in [0.25, 0.3) is 0 Å². The van der Waals surface area contributed by atoms with Crippen LogP contribution in [-0.2, 0) is 4.74 Å². The molecule has 84 valence electrons. The van der Waals surface area contributed by atoms with E-state index in [-0.39, 0.29) is 11.7 Å². The molecule has 0 radical (unpaired) electrons. The number of rotatable bonds is 5. The van der Waals surface area contributed by atoms with Crippen LogP contribution in [0, 0.1) is 5.82 Å². The first-order valence-electron chi connectivity index (χ1n) is 4.98. The average Bonchev–Trinajstić information content (AvgIpc) is 2.24. The molecule has 1 rings (SSSR count). The summed E-state index contributed by atoms with van der Waals surface area (Å²) in [6.45, 7) is 2.61. The molecule has 1 aromatic rings. The second-order valence-corrected chi connectivity index (χ2v) is 3.41. The molecule has 1 aromatic carbocycles. The summed E-state index contributed by atoms with van der Waals surface area (Å²) in [5.74, 6) is -0.396. The largest absolute Gasteiger partial charge is 0.395 e. The quantitative estimate of drug-likeness (QED) is 0.736. The van der Waals surface area contributed by atoms with Crippen molar-refractivity contribution in [2.75, 3.05) is 24.8 Å². The first kappa shape index (κ1) is 11.8. The molecular weight excluding hydrogens is 195 g/mol. The molecule has 0 fully saturated rings. The molecule has 0 aliphatic rings. The van der Waals surface area contributed by atoms with Gasteiger partial charge in [0.1, 0.15) is 5.82 Å². The van der Waals surface area contributed by atoms with Gasteiger partial charge in [0.15, 0.2) is 0 Å². The third-order valence-electron chi connectivity index (χ3n) is 2.27. The molecule has 0 aromatic heterocycles. The van der Waals surface area contributed by atoms with Gasteiger partial charge >= 0.3 is 0 Å². The molecule has 0 bridgehead atoms. The zero-order chi connectivity index (χ0) is 11.3. The number of hydrogen-bond donors (Lipinski definition) is 2. The van der Waals surface area contributed by atoms with E-state index in [9.17, 15) is 4.39 Å². The fraction of sp³-hybridized carbons (Fsp3) is 0.455. The summed E-state index contributed by atoms with van der Waals surface area (Å²) in [7, 11) is 1.64. The van der Waals surface area contributed by atoms with Gasteiger partial charge in [0, 0.05) is 13.2 Å². The maximum Gasteiger partial charge on any atom is 0.148 e. The van der Waals surface area contributed by atoms with E-state index in [1.54, 1.807) is 19.2 Å². The van der Waals surface area contributed by atoms with Crippen LogP contribution in [0.2, 0.25) is 0 Å². The van der Waals surface area contributed by atoms with Crippen molar-refractivity contribution in [2.24, 2.45) is 0 Å². The molecular formula is C11H17FN2O. The number of nitrogens with one attached hydrogen (secondary N) is 1. The Labute approximate surface area is 89.4 Å². The number of hydrogen-bond acceptors (Lipinski definition) is 3. The number of benzene rings is 1. The number of anilines is 2. The predicted octanol–water partition coefficient (Wildman–Crippen LogP) is 2.24. The van der Waals surface area contributed by atoms with Gasteiger partial charge in [-0.05, 0) is 18.6 Å². The third-order valence-corrected chi connectivity index (χ3v) is 2.27. The fourth-order valence-electron chi connectivity index (χ4n) is 1.35. The van der Waals surface area contributed by atoms with Gasteiger partial charge < -0.3 is 15.8 Å². The highest BCUT2D eigenvalue weighted by molar-refractivity contribution is 5.66. The SMILES string of the molecule is CCC(COC)Nc1cccc(F)c1N. The van der Waals surface area contributed by atoms with E-state index >= 15 is 0 Å². The van der Waals surface area contributed by atoms with Crippen molar-refractivity contribution < 1.29 is 9.13 Å². The van der Waals surface area contributed by atoms with E-state index in [1.807, 2.05) is 6.92 Å². The summed E-state index contributed by atoms with van der Waals surface area (Å²) >= 11 is 0. The molecule has 4 heteroatoms. The molecule has 0 aliphatic carbocycles. The molecule has 0 aliphatic heterocycles. The Morgan fingerprint density at radius 3 is 2.87 bits per heavy atom. The van der Waals surface area contributed by atoms with Crippen molar-refractivity contribution in [1.82, 2.24) is 0 Å². The second-order valence-electron chi connectivity index (χ2n) is 3.41. The fourth-order valence-corrected chi connectivity index (χ4v) is 1.35.